The minimum Gasteiger partial charge on any atom is -0.618 e. The summed E-state index contributed by atoms with van der Waals surface area (Å²) in [6.07, 6.45) is 2.35. The summed E-state index contributed by atoms with van der Waals surface area (Å²) in [4.78, 5) is 1.93. The zero-order chi connectivity index (χ0) is 12.3. The Labute approximate surface area is 100 Å². The minimum atomic E-state index is -1.06. The van der Waals surface area contributed by atoms with E-state index in [1.54, 1.807) is 18.2 Å². The summed E-state index contributed by atoms with van der Waals surface area (Å²) in [6, 6.07) is 6.29. The fraction of sp³-hybridized carbons (Fsp3) is 0.500. The van der Waals surface area contributed by atoms with Gasteiger partial charge >= 0.3 is 0 Å². The van der Waals surface area contributed by atoms with E-state index in [0.717, 1.165) is 25.9 Å². The maximum atomic E-state index is 11.5. The summed E-state index contributed by atoms with van der Waals surface area (Å²) in [5.74, 6) is 0. The number of likely N-dealkylation sites (tertiary alicyclic amines) is 1. The lowest BCUT2D eigenvalue weighted by atomic mass is 10.1. The van der Waals surface area contributed by atoms with Crippen molar-refractivity contribution >= 4 is 0 Å². The molecule has 1 aliphatic heterocycles. The van der Waals surface area contributed by atoms with Gasteiger partial charge in [0, 0.05) is 12.1 Å². The highest BCUT2D eigenvalue weighted by Crippen LogP contribution is 2.21. The second-order valence-corrected chi connectivity index (χ2v) is 4.21. The van der Waals surface area contributed by atoms with Crippen LogP contribution in [-0.2, 0) is 0 Å². The molecule has 0 radical (unpaired) electrons. The molecule has 5 heteroatoms. The Hall–Kier alpha value is -1.64. The topological polar surface area (TPSA) is 74.2 Å². The van der Waals surface area contributed by atoms with Crippen LogP contribution in [0, 0.1) is 16.5 Å². The van der Waals surface area contributed by atoms with E-state index in [9.17, 15) is 10.3 Å². The first-order valence-electron chi connectivity index (χ1n) is 5.74. The normalized spacial score (nSPS) is 19.8. The fourth-order valence-corrected chi connectivity index (χ4v) is 2.20. The number of pyridine rings is 1. The predicted octanol–water partition coefficient (Wildman–Crippen LogP) is 0.341. The lowest BCUT2D eigenvalue weighted by Crippen LogP contribution is -2.42. The zero-order valence-electron chi connectivity index (χ0n) is 9.49. The van der Waals surface area contributed by atoms with Crippen LogP contribution < -0.4 is 4.73 Å². The largest absolute Gasteiger partial charge is 0.618 e. The Morgan fingerprint density at radius 1 is 1.41 bits per heavy atom. The van der Waals surface area contributed by atoms with Gasteiger partial charge < -0.3 is 10.3 Å². The van der Waals surface area contributed by atoms with Gasteiger partial charge in [0.1, 0.15) is 6.04 Å². The SMILES string of the molecule is N#C[C@H]([C@@H](O)c1cccc[n+]1[O-])N1CCCC1. The molecule has 1 aliphatic rings. The first-order valence-corrected chi connectivity index (χ1v) is 5.74. The molecule has 2 rings (SSSR count). The summed E-state index contributed by atoms with van der Waals surface area (Å²) in [6.45, 7) is 1.61. The molecule has 0 aromatic carbocycles. The van der Waals surface area contributed by atoms with Gasteiger partial charge in [-0.3, -0.25) is 4.90 Å². The van der Waals surface area contributed by atoms with Crippen molar-refractivity contribution in [1.29, 1.82) is 5.26 Å². The van der Waals surface area contributed by atoms with Crippen LogP contribution in [0.25, 0.3) is 0 Å². The van der Waals surface area contributed by atoms with Gasteiger partial charge in [0.25, 0.3) is 0 Å². The Kier molecular flexibility index (Phi) is 3.57. The molecule has 5 nitrogen and oxygen atoms in total. The van der Waals surface area contributed by atoms with Crippen molar-refractivity contribution in [1.82, 2.24) is 4.90 Å². The zero-order valence-corrected chi connectivity index (χ0v) is 9.49. The van der Waals surface area contributed by atoms with Crippen LogP contribution in [0.5, 0.6) is 0 Å². The highest BCUT2D eigenvalue weighted by atomic mass is 16.5. The average Bonchev–Trinajstić information content (AvgIpc) is 2.84. The Balaban J connectivity index is 2.20. The minimum absolute atomic E-state index is 0.228. The van der Waals surface area contributed by atoms with Gasteiger partial charge in [0.15, 0.2) is 12.3 Å². The highest BCUT2D eigenvalue weighted by molar-refractivity contribution is 5.10. The Morgan fingerprint density at radius 3 is 2.71 bits per heavy atom. The van der Waals surface area contributed by atoms with E-state index in [0.29, 0.717) is 4.73 Å². The molecule has 0 saturated carbocycles. The monoisotopic (exact) mass is 233 g/mol. The smallest absolute Gasteiger partial charge is 0.224 e. The molecule has 1 aromatic heterocycles. The average molecular weight is 233 g/mol. The van der Waals surface area contributed by atoms with Crippen molar-refractivity contribution in [2.24, 2.45) is 0 Å². The molecular formula is C12H15N3O2. The van der Waals surface area contributed by atoms with E-state index < -0.39 is 12.1 Å². The number of aliphatic hydroxyl groups is 1. The number of hydrogen-bond acceptors (Lipinski definition) is 4. The van der Waals surface area contributed by atoms with Gasteiger partial charge in [-0.05, 0) is 32.0 Å². The lowest BCUT2D eigenvalue weighted by molar-refractivity contribution is -0.619. The van der Waals surface area contributed by atoms with E-state index in [4.69, 9.17) is 5.26 Å². The molecule has 0 aliphatic carbocycles. The van der Waals surface area contributed by atoms with Crippen LogP contribution >= 0.6 is 0 Å². The molecule has 17 heavy (non-hydrogen) atoms. The molecule has 0 unspecified atom stereocenters. The number of aromatic nitrogens is 1. The summed E-state index contributed by atoms with van der Waals surface area (Å²) in [5, 5.41) is 30.8. The summed E-state index contributed by atoms with van der Waals surface area (Å²) in [5.41, 5.74) is 0.228. The molecule has 1 fully saturated rings. The van der Waals surface area contributed by atoms with Crippen LogP contribution in [-0.4, -0.2) is 29.1 Å². The van der Waals surface area contributed by atoms with Crippen molar-refractivity contribution in [2.45, 2.75) is 25.0 Å². The maximum absolute atomic E-state index is 11.5. The molecule has 0 spiro atoms. The van der Waals surface area contributed by atoms with Crippen molar-refractivity contribution in [3.8, 4) is 6.07 Å². The van der Waals surface area contributed by atoms with E-state index in [1.165, 1.54) is 6.20 Å². The predicted molar refractivity (Wildman–Crippen MR) is 60.6 cm³/mol. The van der Waals surface area contributed by atoms with Gasteiger partial charge in [-0.1, -0.05) is 0 Å². The van der Waals surface area contributed by atoms with E-state index in [2.05, 4.69) is 6.07 Å². The van der Waals surface area contributed by atoms with Crippen molar-refractivity contribution in [3.05, 3.63) is 35.3 Å². The van der Waals surface area contributed by atoms with E-state index in [-0.39, 0.29) is 5.69 Å². The van der Waals surface area contributed by atoms with Gasteiger partial charge in [-0.2, -0.15) is 9.99 Å². The fourth-order valence-electron chi connectivity index (χ4n) is 2.20. The van der Waals surface area contributed by atoms with Gasteiger partial charge in [0.05, 0.1) is 6.07 Å². The highest BCUT2D eigenvalue weighted by Gasteiger charge is 2.33. The molecule has 90 valence electrons. The summed E-state index contributed by atoms with van der Waals surface area (Å²) < 4.78 is 0.616. The van der Waals surface area contributed by atoms with Crippen molar-refractivity contribution in [3.63, 3.8) is 0 Å². The van der Waals surface area contributed by atoms with Crippen LogP contribution in [0.1, 0.15) is 24.6 Å². The molecular weight excluding hydrogens is 218 g/mol. The molecule has 2 heterocycles. The van der Waals surface area contributed by atoms with E-state index in [1.807, 2.05) is 4.90 Å². The summed E-state index contributed by atoms with van der Waals surface area (Å²) >= 11 is 0. The molecule has 1 N–H and O–H groups in total. The van der Waals surface area contributed by atoms with Gasteiger partial charge in [-0.15, -0.1) is 0 Å². The van der Waals surface area contributed by atoms with Crippen molar-refractivity contribution in [2.75, 3.05) is 13.1 Å². The number of hydrogen-bond donors (Lipinski definition) is 1. The standard InChI is InChI=1S/C12H15N3O2/c13-9-11(14-6-3-4-7-14)12(16)10-5-1-2-8-15(10)17/h1-2,5,8,11-12,16H,3-4,6-7H2/t11-,12+/m1/s1. The maximum Gasteiger partial charge on any atom is 0.224 e. The first kappa shape index (κ1) is 11.8. The quantitative estimate of drug-likeness (QED) is 0.603. The summed E-state index contributed by atoms with van der Waals surface area (Å²) in [7, 11) is 0. The second kappa shape index (κ2) is 5.13. The van der Waals surface area contributed by atoms with Crippen LogP contribution in [0.2, 0.25) is 0 Å². The van der Waals surface area contributed by atoms with Gasteiger partial charge in [-0.25, -0.2) is 0 Å². The molecule has 0 bridgehead atoms. The molecule has 0 amide bonds. The molecule has 2 atom stereocenters. The van der Waals surface area contributed by atoms with Crippen LogP contribution in [0.3, 0.4) is 0 Å². The van der Waals surface area contributed by atoms with Crippen molar-refractivity contribution < 1.29 is 9.84 Å². The number of aliphatic hydroxyl groups excluding tert-OH is 1. The number of rotatable bonds is 3. The Morgan fingerprint density at radius 2 is 2.12 bits per heavy atom. The third-order valence-electron chi connectivity index (χ3n) is 3.12. The third kappa shape index (κ3) is 2.38. The van der Waals surface area contributed by atoms with E-state index >= 15 is 0 Å². The first-order chi connectivity index (χ1) is 8.24. The lowest BCUT2D eigenvalue weighted by Gasteiger charge is -2.24. The van der Waals surface area contributed by atoms with Crippen LogP contribution in [0.4, 0.5) is 0 Å². The van der Waals surface area contributed by atoms with Crippen LogP contribution in [0.15, 0.2) is 24.4 Å². The number of nitrogens with zero attached hydrogens (tertiary/aromatic N) is 3. The third-order valence-corrected chi connectivity index (χ3v) is 3.12. The molecule has 1 aromatic rings. The van der Waals surface area contributed by atoms with Gasteiger partial charge in [0.2, 0.25) is 5.69 Å². The second-order valence-electron chi connectivity index (χ2n) is 4.21. The Bertz CT molecular complexity index is 424. The molecule has 1 saturated heterocycles. The number of nitriles is 1.